The highest BCUT2D eigenvalue weighted by Crippen LogP contribution is 2.17. The molecule has 1 fully saturated rings. The van der Waals surface area contributed by atoms with Crippen molar-refractivity contribution in [3.63, 3.8) is 0 Å². The van der Waals surface area contributed by atoms with Gasteiger partial charge in [-0.1, -0.05) is 19.1 Å². The summed E-state index contributed by atoms with van der Waals surface area (Å²) in [6.07, 6.45) is 3.70. The maximum Gasteiger partial charge on any atom is 0.0366 e. The first-order valence-corrected chi connectivity index (χ1v) is 6.87. The Morgan fingerprint density at radius 2 is 2.00 bits per heavy atom. The summed E-state index contributed by atoms with van der Waals surface area (Å²) in [6, 6.07) is 9.64. The van der Waals surface area contributed by atoms with Crippen molar-refractivity contribution >= 4 is 5.69 Å². The van der Waals surface area contributed by atoms with E-state index in [2.05, 4.69) is 48.3 Å². The highest BCUT2D eigenvalue weighted by atomic mass is 15.2. The molecule has 1 heterocycles. The summed E-state index contributed by atoms with van der Waals surface area (Å²) in [5.74, 6) is 0. The molecule has 1 aromatic rings. The summed E-state index contributed by atoms with van der Waals surface area (Å²) in [6.45, 7) is 7.96. The largest absolute Gasteiger partial charge is 0.370 e. The van der Waals surface area contributed by atoms with Crippen LogP contribution in [-0.4, -0.2) is 25.7 Å². The zero-order chi connectivity index (χ0) is 12.1. The molecule has 0 aliphatic carbocycles. The number of hydrogen-bond acceptors (Lipinski definition) is 2. The SMILES string of the molecule is CCc1ccc(N2CCCCNC(C)C2)cc1. The molecule has 2 rings (SSSR count). The second-order valence-corrected chi connectivity index (χ2v) is 5.03. The van der Waals surface area contributed by atoms with Crippen LogP contribution in [0.1, 0.15) is 32.3 Å². The number of benzene rings is 1. The molecule has 0 radical (unpaired) electrons. The highest BCUT2D eigenvalue weighted by molar-refractivity contribution is 5.47. The van der Waals surface area contributed by atoms with E-state index in [9.17, 15) is 0 Å². The third kappa shape index (κ3) is 3.47. The number of aryl methyl sites for hydroxylation is 1. The first-order valence-electron chi connectivity index (χ1n) is 6.87. The minimum absolute atomic E-state index is 0.584. The molecule has 1 aliphatic rings. The van der Waals surface area contributed by atoms with Crippen molar-refractivity contribution in [3.05, 3.63) is 29.8 Å². The molecule has 1 N–H and O–H groups in total. The van der Waals surface area contributed by atoms with E-state index >= 15 is 0 Å². The summed E-state index contributed by atoms with van der Waals surface area (Å²) in [7, 11) is 0. The van der Waals surface area contributed by atoms with Crippen LogP contribution in [0.15, 0.2) is 24.3 Å². The van der Waals surface area contributed by atoms with Crippen molar-refractivity contribution in [2.45, 2.75) is 39.2 Å². The van der Waals surface area contributed by atoms with Gasteiger partial charge in [-0.25, -0.2) is 0 Å². The molecule has 1 aliphatic heterocycles. The van der Waals surface area contributed by atoms with E-state index in [1.165, 1.54) is 37.2 Å². The molecule has 94 valence electrons. The molecule has 0 saturated carbocycles. The molecule has 0 amide bonds. The fourth-order valence-corrected chi connectivity index (χ4v) is 2.44. The maximum atomic E-state index is 3.57. The van der Waals surface area contributed by atoms with Gasteiger partial charge < -0.3 is 10.2 Å². The third-order valence-corrected chi connectivity index (χ3v) is 3.55. The lowest BCUT2D eigenvalue weighted by molar-refractivity contribution is 0.485. The van der Waals surface area contributed by atoms with Gasteiger partial charge in [0.2, 0.25) is 0 Å². The zero-order valence-corrected chi connectivity index (χ0v) is 11.1. The molecule has 17 heavy (non-hydrogen) atoms. The van der Waals surface area contributed by atoms with E-state index in [0.29, 0.717) is 6.04 Å². The topological polar surface area (TPSA) is 15.3 Å². The van der Waals surface area contributed by atoms with Crippen LogP contribution in [0.4, 0.5) is 5.69 Å². The van der Waals surface area contributed by atoms with E-state index in [4.69, 9.17) is 0 Å². The predicted molar refractivity (Wildman–Crippen MR) is 74.7 cm³/mol. The maximum absolute atomic E-state index is 3.57. The van der Waals surface area contributed by atoms with Crippen molar-refractivity contribution in [2.75, 3.05) is 24.5 Å². The molecule has 2 heteroatoms. The molecular weight excluding hydrogens is 208 g/mol. The number of nitrogens with zero attached hydrogens (tertiary/aromatic N) is 1. The molecule has 0 spiro atoms. The lowest BCUT2D eigenvalue weighted by Crippen LogP contribution is -2.42. The van der Waals surface area contributed by atoms with Gasteiger partial charge in [0.1, 0.15) is 0 Å². The average Bonchev–Trinajstić information content (AvgIpc) is 2.34. The van der Waals surface area contributed by atoms with Crippen molar-refractivity contribution in [3.8, 4) is 0 Å². The van der Waals surface area contributed by atoms with Crippen LogP contribution >= 0.6 is 0 Å². The summed E-state index contributed by atoms with van der Waals surface area (Å²) < 4.78 is 0. The number of anilines is 1. The fourth-order valence-electron chi connectivity index (χ4n) is 2.44. The van der Waals surface area contributed by atoms with Crippen LogP contribution in [0.5, 0.6) is 0 Å². The van der Waals surface area contributed by atoms with Gasteiger partial charge in [0.15, 0.2) is 0 Å². The Morgan fingerprint density at radius 3 is 2.71 bits per heavy atom. The van der Waals surface area contributed by atoms with Gasteiger partial charge in [0.05, 0.1) is 0 Å². The van der Waals surface area contributed by atoms with Gasteiger partial charge in [-0.05, 0) is 50.4 Å². The lowest BCUT2D eigenvalue weighted by atomic mass is 10.1. The van der Waals surface area contributed by atoms with Crippen molar-refractivity contribution in [1.82, 2.24) is 5.32 Å². The van der Waals surface area contributed by atoms with Crippen LogP contribution in [0.3, 0.4) is 0 Å². The van der Waals surface area contributed by atoms with Crippen LogP contribution in [0.25, 0.3) is 0 Å². The molecular formula is C15H24N2. The van der Waals surface area contributed by atoms with Gasteiger partial charge in [0.25, 0.3) is 0 Å². The van der Waals surface area contributed by atoms with E-state index < -0.39 is 0 Å². The van der Waals surface area contributed by atoms with Gasteiger partial charge in [0, 0.05) is 24.8 Å². The van der Waals surface area contributed by atoms with Gasteiger partial charge in [-0.3, -0.25) is 0 Å². The van der Waals surface area contributed by atoms with Crippen molar-refractivity contribution < 1.29 is 0 Å². The molecule has 0 aromatic heterocycles. The first kappa shape index (κ1) is 12.4. The Morgan fingerprint density at radius 1 is 1.24 bits per heavy atom. The van der Waals surface area contributed by atoms with E-state index in [-0.39, 0.29) is 0 Å². The Bertz CT molecular complexity index is 331. The van der Waals surface area contributed by atoms with Crippen LogP contribution in [0.2, 0.25) is 0 Å². The third-order valence-electron chi connectivity index (χ3n) is 3.55. The van der Waals surface area contributed by atoms with E-state index in [1.807, 2.05) is 0 Å². The summed E-state index contributed by atoms with van der Waals surface area (Å²) >= 11 is 0. The Hall–Kier alpha value is -1.02. The van der Waals surface area contributed by atoms with E-state index in [0.717, 1.165) is 13.0 Å². The van der Waals surface area contributed by atoms with Crippen LogP contribution in [-0.2, 0) is 6.42 Å². The summed E-state index contributed by atoms with van der Waals surface area (Å²) in [4.78, 5) is 2.51. The normalized spacial score (nSPS) is 22.0. The number of hydrogen-bond donors (Lipinski definition) is 1. The second kappa shape index (κ2) is 6.06. The second-order valence-electron chi connectivity index (χ2n) is 5.03. The van der Waals surface area contributed by atoms with Crippen molar-refractivity contribution in [2.24, 2.45) is 0 Å². The van der Waals surface area contributed by atoms with Gasteiger partial charge in [-0.2, -0.15) is 0 Å². The average molecular weight is 232 g/mol. The predicted octanol–water partition coefficient (Wildman–Crippen LogP) is 2.83. The quantitative estimate of drug-likeness (QED) is 0.843. The molecule has 1 aromatic carbocycles. The molecule has 1 unspecified atom stereocenters. The van der Waals surface area contributed by atoms with Crippen LogP contribution < -0.4 is 10.2 Å². The van der Waals surface area contributed by atoms with Gasteiger partial charge in [-0.15, -0.1) is 0 Å². The monoisotopic (exact) mass is 232 g/mol. The van der Waals surface area contributed by atoms with Gasteiger partial charge >= 0.3 is 0 Å². The lowest BCUT2D eigenvalue weighted by Gasteiger charge is -2.31. The summed E-state index contributed by atoms with van der Waals surface area (Å²) in [5.41, 5.74) is 2.80. The Balaban J connectivity index is 2.06. The minimum Gasteiger partial charge on any atom is -0.370 e. The smallest absolute Gasteiger partial charge is 0.0366 e. The molecule has 0 bridgehead atoms. The fraction of sp³-hybridized carbons (Fsp3) is 0.600. The highest BCUT2D eigenvalue weighted by Gasteiger charge is 2.13. The molecule has 1 saturated heterocycles. The minimum atomic E-state index is 0.584. The number of rotatable bonds is 2. The van der Waals surface area contributed by atoms with Crippen molar-refractivity contribution in [1.29, 1.82) is 0 Å². The zero-order valence-electron chi connectivity index (χ0n) is 11.1. The Kier molecular flexibility index (Phi) is 4.43. The Labute approximate surface area is 105 Å². The first-order chi connectivity index (χ1) is 8.29. The van der Waals surface area contributed by atoms with Crippen LogP contribution in [0, 0.1) is 0 Å². The van der Waals surface area contributed by atoms with E-state index in [1.54, 1.807) is 0 Å². The molecule has 1 atom stereocenters. The summed E-state index contributed by atoms with van der Waals surface area (Å²) in [5, 5.41) is 3.57. The standard InChI is InChI=1S/C15H24N2/c1-3-14-6-8-15(9-7-14)17-11-5-4-10-16-13(2)12-17/h6-9,13,16H,3-5,10-12H2,1-2H3. The number of nitrogens with one attached hydrogen (secondary N) is 1. The molecule has 2 nitrogen and oxygen atoms in total.